The van der Waals surface area contributed by atoms with Crippen molar-refractivity contribution in [2.24, 2.45) is 5.73 Å². The summed E-state index contributed by atoms with van der Waals surface area (Å²) in [6.45, 7) is 0. The van der Waals surface area contributed by atoms with Gasteiger partial charge in [-0.05, 0) is 18.6 Å². The lowest BCUT2D eigenvalue weighted by atomic mass is 10.4. The van der Waals surface area contributed by atoms with Crippen LogP contribution in [0.1, 0.15) is 6.42 Å². The summed E-state index contributed by atoms with van der Waals surface area (Å²) in [6.07, 6.45) is 7.66. The highest BCUT2D eigenvalue weighted by molar-refractivity contribution is 5.27. The van der Waals surface area contributed by atoms with Crippen molar-refractivity contribution in [3.05, 3.63) is 35.8 Å². The molecule has 0 radical (unpaired) electrons. The molecule has 0 saturated heterocycles. The highest BCUT2D eigenvalue weighted by Gasteiger charge is 1.90. The van der Waals surface area contributed by atoms with Gasteiger partial charge in [0.05, 0.1) is 0 Å². The molecule has 0 spiro atoms. The predicted octanol–water partition coefficient (Wildman–Crippen LogP) is 1.23. The van der Waals surface area contributed by atoms with Gasteiger partial charge < -0.3 is 10.8 Å². The lowest BCUT2D eigenvalue weighted by Gasteiger charge is -1.87. The van der Waals surface area contributed by atoms with E-state index in [4.69, 9.17) is 10.8 Å². The second-order valence-electron chi connectivity index (χ2n) is 1.91. The number of hydrogen-bond donors (Lipinski definition) is 2. The van der Waals surface area contributed by atoms with Crippen molar-refractivity contribution >= 4 is 0 Å². The van der Waals surface area contributed by atoms with E-state index in [1.54, 1.807) is 12.2 Å². The van der Waals surface area contributed by atoms with Crippen molar-refractivity contribution in [3.8, 4) is 0 Å². The highest BCUT2D eigenvalue weighted by atomic mass is 16.3. The first-order valence-electron chi connectivity index (χ1n) is 2.82. The van der Waals surface area contributed by atoms with Crippen LogP contribution >= 0.6 is 0 Å². The third-order valence-corrected chi connectivity index (χ3v) is 1.09. The fourth-order valence-corrected chi connectivity index (χ4v) is 0.671. The van der Waals surface area contributed by atoms with Gasteiger partial charge in [0.25, 0.3) is 0 Å². The molecule has 9 heavy (non-hydrogen) atoms. The zero-order valence-corrected chi connectivity index (χ0v) is 5.04. The molecule has 0 heterocycles. The lowest BCUT2D eigenvalue weighted by Crippen LogP contribution is -1.91. The van der Waals surface area contributed by atoms with E-state index in [0.717, 1.165) is 6.42 Å². The molecule has 0 aromatic carbocycles. The number of aliphatic hydroxyl groups excluding tert-OH is 1. The van der Waals surface area contributed by atoms with Crippen LogP contribution in [0.15, 0.2) is 35.8 Å². The molecule has 3 N–H and O–H groups in total. The van der Waals surface area contributed by atoms with Gasteiger partial charge in [0.15, 0.2) is 0 Å². The Kier molecular flexibility index (Phi) is 1.58. The first kappa shape index (κ1) is 5.95. The third kappa shape index (κ3) is 1.64. The fourth-order valence-electron chi connectivity index (χ4n) is 0.671. The molecule has 48 valence electrons. The van der Waals surface area contributed by atoms with Crippen molar-refractivity contribution in [3.63, 3.8) is 0 Å². The first-order chi connectivity index (χ1) is 4.29. The molecule has 0 aromatic rings. The Balaban J connectivity index is 2.82. The topological polar surface area (TPSA) is 46.2 Å². The van der Waals surface area contributed by atoms with Gasteiger partial charge in [0, 0.05) is 11.8 Å². The molecule has 0 saturated carbocycles. The van der Waals surface area contributed by atoms with Gasteiger partial charge in [0.2, 0.25) is 0 Å². The van der Waals surface area contributed by atoms with Crippen molar-refractivity contribution in [2.45, 2.75) is 6.42 Å². The summed E-state index contributed by atoms with van der Waals surface area (Å²) < 4.78 is 0. The Morgan fingerprint density at radius 2 is 2.33 bits per heavy atom. The minimum absolute atomic E-state index is 0.248. The Hall–Kier alpha value is -1.18. The van der Waals surface area contributed by atoms with Gasteiger partial charge in [-0.1, -0.05) is 6.08 Å². The van der Waals surface area contributed by atoms with Crippen LogP contribution in [-0.2, 0) is 0 Å². The third-order valence-electron chi connectivity index (χ3n) is 1.09. The Labute approximate surface area is 54.0 Å². The van der Waals surface area contributed by atoms with Gasteiger partial charge in [-0.15, -0.1) is 0 Å². The standard InChI is InChI=1S/C7H9NO/c8-6-3-1-2-4-7(9)5-6/h1,3-5,9H,2,8H2. The van der Waals surface area contributed by atoms with Crippen molar-refractivity contribution < 1.29 is 5.11 Å². The second-order valence-corrected chi connectivity index (χ2v) is 1.91. The van der Waals surface area contributed by atoms with Gasteiger partial charge in [0.1, 0.15) is 5.76 Å². The largest absolute Gasteiger partial charge is 0.508 e. The van der Waals surface area contributed by atoms with Crippen LogP contribution in [0.25, 0.3) is 0 Å². The molecule has 0 amide bonds. The normalized spacial score (nSPS) is 18.2. The second kappa shape index (κ2) is 2.40. The Morgan fingerprint density at radius 3 is 3.11 bits per heavy atom. The highest BCUT2D eigenvalue weighted by Crippen LogP contribution is 2.03. The summed E-state index contributed by atoms with van der Waals surface area (Å²) in [5.74, 6) is 0.248. The van der Waals surface area contributed by atoms with Gasteiger partial charge >= 0.3 is 0 Å². The fraction of sp³-hybridized carbons (Fsp3) is 0.143. The van der Waals surface area contributed by atoms with E-state index in [9.17, 15) is 0 Å². The van der Waals surface area contributed by atoms with Crippen LogP contribution in [0.5, 0.6) is 0 Å². The molecule has 0 unspecified atom stereocenters. The zero-order chi connectivity index (χ0) is 6.69. The number of hydrogen-bond acceptors (Lipinski definition) is 2. The molecule has 2 heteroatoms. The molecule has 0 aliphatic heterocycles. The van der Waals surface area contributed by atoms with Gasteiger partial charge in [-0.25, -0.2) is 0 Å². The lowest BCUT2D eigenvalue weighted by molar-refractivity contribution is 0.430. The summed E-state index contributed by atoms with van der Waals surface area (Å²) in [5.41, 5.74) is 6.00. The maximum absolute atomic E-state index is 8.92. The van der Waals surface area contributed by atoms with Gasteiger partial charge in [-0.2, -0.15) is 0 Å². The van der Waals surface area contributed by atoms with E-state index in [1.807, 2.05) is 6.08 Å². The summed E-state index contributed by atoms with van der Waals surface area (Å²) in [5, 5.41) is 8.92. The van der Waals surface area contributed by atoms with E-state index >= 15 is 0 Å². The summed E-state index contributed by atoms with van der Waals surface area (Å²) in [4.78, 5) is 0. The van der Waals surface area contributed by atoms with Crippen LogP contribution in [0.2, 0.25) is 0 Å². The number of aliphatic hydroxyl groups is 1. The summed E-state index contributed by atoms with van der Waals surface area (Å²) >= 11 is 0. The van der Waals surface area contributed by atoms with E-state index in [-0.39, 0.29) is 5.76 Å². The molecule has 1 aliphatic carbocycles. The van der Waals surface area contributed by atoms with E-state index in [0.29, 0.717) is 5.70 Å². The van der Waals surface area contributed by atoms with Crippen molar-refractivity contribution in [1.82, 2.24) is 0 Å². The number of nitrogens with two attached hydrogens (primary N) is 1. The molecule has 1 aliphatic rings. The molecule has 0 bridgehead atoms. The van der Waals surface area contributed by atoms with Crippen LogP contribution in [0.3, 0.4) is 0 Å². The molecular weight excluding hydrogens is 114 g/mol. The van der Waals surface area contributed by atoms with Crippen molar-refractivity contribution in [2.75, 3.05) is 0 Å². The monoisotopic (exact) mass is 123 g/mol. The first-order valence-corrected chi connectivity index (χ1v) is 2.82. The molecule has 0 atom stereocenters. The number of allylic oxidation sites excluding steroid dienone is 4. The molecule has 2 nitrogen and oxygen atoms in total. The Bertz CT molecular complexity index is 189. The molecule has 0 fully saturated rings. The minimum Gasteiger partial charge on any atom is -0.508 e. The van der Waals surface area contributed by atoms with Crippen LogP contribution in [-0.4, -0.2) is 5.11 Å². The average Bonchev–Trinajstić information content (AvgIpc) is 1.93. The molecular formula is C7H9NO. The van der Waals surface area contributed by atoms with E-state index < -0.39 is 0 Å². The van der Waals surface area contributed by atoms with E-state index in [1.165, 1.54) is 6.08 Å². The van der Waals surface area contributed by atoms with E-state index in [2.05, 4.69) is 0 Å². The Morgan fingerprint density at radius 1 is 1.56 bits per heavy atom. The summed E-state index contributed by atoms with van der Waals surface area (Å²) in [6, 6.07) is 0. The van der Waals surface area contributed by atoms with Crippen LogP contribution in [0.4, 0.5) is 0 Å². The summed E-state index contributed by atoms with van der Waals surface area (Å²) in [7, 11) is 0. The van der Waals surface area contributed by atoms with Crippen molar-refractivity contribution in [1.29, 1.82) is 0 Å². The smallest absolute Gasteiger partial charge is 0.113 e. The molecule has 1 rings (SSSR count). The molecule has 0 aromatic heterocycles. The SMILES string of the molecule is NC1=CC(O)=CCC=C1. The predicted molar refractivity (Wildman–Crippen MR) is 36.7 cm³/mol. The number of rotatable bonds is 0. The minimum atomic E-state index is 0.248. The average molecular weight is 123 g/mol. The maximum atomic E-state index is 8.92. The maximum Gasteiger partial charge on any atom is 0.113 e. The quantitative estimate of drug-likeness (QED) is 0.509. The van der Waals surface area contributed by atoms with Gasteiger partial charge in [-0.3, -0.25) is 0 Å². The van der Waals surface area contributed by atoms with Crippen LogP contribution in [0, 0.1) is 0 Å². The van der Waals surface area contributed by atoms with Crippen LogP contribution < -0.4 is 5.73 Å². The zero-order valence-electron chi connectivity index (χ0n) is 5.04.